The van der Waals surface area contributed by atoms with Gasteiger partial charge in [-0.05, 0) is 78.1 Å². The quantitative estimate of drug-likeness (QED) is 0.597. The van der Waals surface area contributed by atoms with Crippen LogP contribution in [0, 0.1) is 5.82 Å². The monoisotopic (exact) mass is 362 g/mol. The van der Waals surface area contributed by atoms with Crippen molar-refractivity contribution in [2.45, 2.75) is 57.5 Å². The third-order valence-electron chi connectivity index (χ3n) is 2.97. The number of anilines is 2. The molecule has 0 spiro atoms. The van der Waals surface area contributed by atoms with Crippen LogP contribution in [0.1, 0.15) is 41.5 Å². The van der Waals surface area contributed by atoms with Crippen molar-refractivity contribution in [3.63, 3.8) is 0 Å². The summed E-state index contributed by atoms with van der Waals surface area (Å²) in [7, 11) is 0. The van der Waals surface area contributed by atoms with Crippen molar-refractivity contribution in [3.8, 4) is 0 Å². The molecule has 0 bridgehead atoms. The summed E-state index contributed by atoms with van der Waals surface area (Å²) >= 11 is 1.77. The Morgan fingerprint density at radius 2 is 1.40 bits per heavy atom. The zero-order valence-corrected chi connectivity index (χ0v) is 17.2. The van der Waals surface area contributed by atoms with Gasteiger partial charge in [-0.1, -0.05) is 18.2 Å². The number of rotatable bonds is 3. The highest BCUT2D eigenvalue weighted by Crippen LogP contribution is 2.21. The molecule has 138 valence electrons. The van der Waals surface area contributed by atoms with Crippen LogP contribution in [-0.2, 0) is 0 Å². The molecule has 0 aliphatic rings. The van der Waals surface area contributed by atoms with E-state index >= 15 is 0 Å². The summed E-state index contributed by atoms with van der Waals surface area (Å²) in [5.74, 6) is -0.201. The van der Waals surface area contributed by atoms with E-state index in [1.807, 2.05) is 26.8 Å². The van der Waals surface area contributed by atoms with E-state index in [0.717, 1.165) is 0 Å². The van der Waals surface area contributed by atoms with E-state index < -0.39 is 0 Å². The molecule has 0 fully saturated rings. The first-order valence-electron chi connectivity index (χ1n) is 8.45. The number of hydrogen-bond donors (Lipinski definition) is 2. The van der Waals surface area contributed by atoms with Crippen LogP contribution < -0.4 is 10.6 Å². The Morgan fingerprint density at radius 1 is 0.800 bits per heavy atom. The number of halogens is 1. The minimum atomic E-state index is -0.201. The smallest absolute Gasteiger partial charge is 0.146 e. The number of benzene rings is 2. The van der Waals surface area contributed by atoms with Gasteiger partial charge in [0.15, 0.2) is 0 Å². The van der Waals surface area contributed by atoms with Crippen molar-refractivity contribution in [1.82, 2.24) is 0 Å². The highest BCUT2D eigenvalue weighted by atomic mass is 32.2. The summed E-state index contributed by atoms with van der Waals surface area (Å²) in [6.07, 6.45) is 2.09. The summed E-state index contributed by atoms with van der Waals surface area (Å²) in [5.41, 5.74) is 1.79. The highest BCUT2D eigenvalue weighted by molar-refractivity contribution is 7.98. The van der Waals surface area contributed by atoms with Crippen LogP contribution in [0.5, 0.6) is 0 Å². The van der Waals surface area contributed by atoms with Crippen LogP contribution in [0.2, 0.25) is 0 Å². The normalized spacial score (nSPS) is 11.4. The standard InChI is InChI=1S/C11H17NS.C10H14FN/c1-11(2,3)12-9-6-5-7-10(8-9)13-4;1-10(2,3)12-9-7-5-4-6-8(9)11/h5-8,12H,1-4H3;4-7,12H,1-3H3. The summed E-state index contributed by atoms with van der Waals surface area (Å²) in [6, 6.07) is 15.2. The first-order chi connectivity index (χ1) is 11.5. The van der Waals surface area contributed by atoms with Crippen molar-refractivity contribution in [2.75, 3.05) is 16.9 Å². The fourth-order valence-electron chi connectivity index (χ4n) is 2.10. The van der Waals surface area contributed by atoms with E-state index in [-0.39, 0.29) is 16.9 Å². The van der Waals surface area contributed by atoms with Gasteiger partial charge in [0.2, 0.25) is 0 Å². The maximum absolute atomic E-state index is 13.1. The summed E-state index contributed by atoms with van der Waals surface area (Å²) in [5, 5.41) is 6.52. The maximum Gasteiger partial charge on any atom is 0.146 e. The number of thioether (sulfide) groups is 1. The zero-order valence-electron chi connectivity index (χ0n) is 16.4. The minimum Gasteiger partial charge on any atom is -0.380 e. The van der Waals surface area contributed by atoms with Crippen LogP contribution in [-0.4, -0.2) is 17.3 Å². The van der Waals surface area contributed by atoms with Crippen LogP contribution in [0.25, 0.3) is 0 Å². The largest absolute Gasteiger partial charge is 0.380 e. The molecule has 0 unspecified atom stereocenters. The molecule has 0 heterocycles. The van der Waals surface area contributed by atoms with Crippen molar-refractivity contribution in [3.05, 3.63) is 54.3 Å². The van der Waals surface area contributed by atoms with Gasteiger partial charge in [0.1, 0.15) is 5.82 Å². The lowest BCUT2D eigenvalue weighted by Gasteiger charge is -2.22. The van der Waals surface area contributed by atoms with E-state index in [0.29, 0.717) is 5.69 Å². The average Bonchev–Trinajstić information content (AvgIpc) is 2.47. The first-order valence-corrected chi connectivity index (χ1v) is 9.67. The van der Waals surface area contributed by atoms with Gasteiger partial charge in [-0.15, -0.1) is 11.8 Å². The third-order valence-corrected chi connectivity index (χ3v) is 3.70. The van der Waals surface area contributed by atoms with Gasteiger partial charge in [-0.25, -0.2) is 4.39 Å². The van der Waals surface area contributed by atoms with Crippen LogP contribution in [0.3, 0.4) is 0 Å². The van der Waals surface area contributed by atoms with Gasteiger partial charge < -0.3 is 10.6 Å². The summed E-state index contributed by atoms with van der Waals surface area (Å²) in [6.45, 7) is 12.5. The van der Waals surface area contributed by atoms with Crippen molar-refractivity contribution >= 4 is 23.1 Å². The molecular weight excluding hydrogens is 331 g/mol. The van der Waals surface area contributed by atoms with Crippen LogP contribution in [0.4, 0.5) is 15.8 Å². The second-order valence-corrected chi connectivity index (χ2v) is 8.84. The Morgan fingerprint density at radius 3 is 1.92 bits per heavy atom. The molecule has 0 aliphatic heterocycles. The Kier molecular flexibility index (Phi) is 7.81. The molecule has 0 amide bonds. The molecule has 2 nitrogen and oxygen atoms in total. The van der Waals surface area contributed by atoms with Crippen LogP contribution >= 0.6 is 11.8 Å². The molecule has 4 heteroatoms. The molecule has 0 atom stereocenters. The maximum atomic E-state index is 13.1. The van der Waals surface area contributed by atoms with Crippen molar-refractivity contribution in [2.24, 2.45) is 0 Å². The topological polar surface area (TPSA) is 24.1 Å². The van der Waals surface area contributed by atoms with Gasteiger partial charge in [0.05, 0.1) is 5.69 Å². The number of hydrogen-bond acceptors (Lipinski definition) is 3. The second-order valence-electron chi connectivity index (χ2n) is 7.96. The number of nitrogens with one attached hydrogen (secondary N) is 2. The predicted molar refractivity (Wildman–Crippen MR) is 111 cm³/mol. The van der Waals surface area contributed by atoms with Gasteiger partial charge >= 0.3 is 0 Å². The van der Waals surface area contributed by atoms with E-state index in [9.17, 15) is 4.39 Å². The van der Waals surface area contributed by atoms with Gasteiger partial charge in [0, 0.05) is 21.7 Å². The van der Waals surface area contributed by atoms with Crippen LogP contribution in [0.15, 0.2) is 53.4 Å². The molecular formula is C21H31FN2S. The third kappa shape index (κ3) is 9.40. The van der Waals surface area contributed by atoms with Crippen molar-refractivity contribution in [1.29, 1.82) is 0 Å². The molecule has 2 aromatic carbocycles. The second kappa shape index (κ2) is 9.14. The van der Waals surface area contributed by atoms with Crippen molar-refractivity contribution < 1.29 is 4.39 Å². The lowest BCUT2D eigenvalue weighted by molar-refractivity contribution is 0.598. The SMILES string of the molecule is CC(C)(C)Nc1ccccc1F.CSc1cccc(NC(C)(C)C)c1. The fraction of sp³-hybridized carbons (Fsp3) is 0.429. The molecule has 0 aliphatic carbocycles. The predicted octanol–water partition coefficient (Wildman–Crippen LogP) is 6.66. The molecule has 25 heavy (non-hydrogen) atoms. The van der Waals surface area contributed by atoms with Gasteiger partial charge in [0.25, 0.3) is 0 Å². The molecule has 0 saturated carbocycles. The Balaban J connectivity index is 0.000000251. The zero-order chi connectivity index (χ0) is 19.1. The average molecular weight is 363 g/mol. The molecule has 2 aromatic rings. The Labute approximate surface area is 156 Å². The summed E-state index contributed by atoms with van der Waals surface area (Å²) < 4.78 is 13.1. The highest BCUT2D eigenvalue weighted by Gasteiger charge is 2.11. The van der Waals surface area contributed by atoms with Gasteiger partial charge in [-0.2, -0.15) is 0 Å². The Hall–Kier alpha value is -1.68. The molecule has 2 rings (SSSR count). The van der Waals surface area contributed by atoms with Gasteiger partial charge in [-0.3, -0.25) is 0 Å². The lowest BCUT2D eigenvalue weighted by atomic mass is 10.1. The first kappa shape index (κ1) is 21.4. The molecule has 0 aromatic heterocycles. The van der Waals surface area contributed by atoms with E-state index in [2.05, 4.69) is 61.9 Å². The minimum absolute atomic E-state index is 0.0950. The van der Waals surface area contributed by atoms with E-state index in [1.165, 1.54) is 16.6 Å². The molecule has 0 saturated heterocycles. The fourth-order valence-corrected chi connectivity index (χ4v) is 2.56. The number of para-hydroxylation sites is 1. The lowest BCUT2D eigenvalue weighted by Crippen LogP contribution is -2.26. The van der Waals surface area contributed by atoms with E-state index in [4.69, 9.17) is 0 Å². The molecule has 0 radical (unpaired) electrons. The Bertz CT molecular complexity index is 657. The summed E-state index contributed by atoms with van der Waals surface area (Å²) in [4.78, 5) is 1.30. The molecule has 2 N–H and O–H groups in total. The van der Waals surface area contributed by atoms with E-state index in [1.54, 1.807) is 23.9 Å².